The number of hydrogen-bond acceptors (Lipinski definition) is 4. The lowest BCUT2D eigenvalue weighted by atomic mass is 10.1. The number of benzene rings is 2. The van der Waals surface area contributed by atoms with Crippen LogP contribution >= 0.6 is 0 Å². The highest BCUT2D eigenvalue weighted by Gasteiger charge is 2.26. The number of likely N-dealkylation sites (tertiary alicyclic amines) is 1. The zero-order valence-electron chi connectivity index (χ0n) is 15.8. The second-order valence-corrected chi connectivity index (χ2v) is 7.37. The maximum Gasteiger partial charge on any atom is 0.256 e. The molecular weight excluding hydrogens is 354 g/mol. The number of fused-ring (bicyclic) bond motifs is 1. The smallest absolute Gasteiger partial charge is 0.256 e. The second kappa shape index (κ2) is 8.02. The number of aliphatic hydroxyl groups is 1. The molecule has 1 unspecified atom stereocenters. The SMILES string of the molecule is O=C(c1ccccc1NCC(=O)N1CCc2ccccc21)N1CCCC(O)C1. The summed E-state index contributed by atoms with van der Waals surface area (Å²) in [5.41, 5.74) is 3.34. The first-order valence-electron chi connectivity index (χ1n) is 9.82. The van der Waals surface area contributed by atoms with Gasteiger partial charge < -0.3 is 20.2 Å². The maximum absolute atomic E-state index is 12.9. The lowest BCUT2D eigenvalue weighted by Crippen LogP contribution is -2.42. The first-order chi connectivity index (χ1) is 13.6. The third-order valence-corrected chi connectivity index (χ3v) is 5.46. The van der Waals surface area contributed by atoms with Gasteiger partial charge >= 0.3 is 0 Å². The van der Waals surface area contributed by atoms with Gasteiger partial charge in [-0.1, -0.05) is 30.3 Å². The van der Waals surface area contributed by atoms with Gasteiger partial charge in [-0.15, -0.1) is 0 Å². The van der Waals surface area contributed by atoms with Crippen molar-refractivity contribution in [1.29, 1.82) is 0 Å². The minimum atomic E-state index is -0.463. The van der Waals surface area contributed by atoms with Gasteiger partial charge in [-0.3, -0.25) is 9.59 Å². The van der Waals surface area contributed by atoms with Gasteiger partial charge in [0.25, 0.3) is 5.91 Å². The van der Waals surface area contributed by atoms with E-state index in [1.54, 1.807) is 15.9 Å². The minimum absolute atomic E-state index is 0.0133. The molecular formula is C22H25N3O3. The molecule has 4 rings (SSSR count). The number of nitrogens with zero attached hydrogens (tertiary/aromatic N) is 2. The Balaban J connectivity index is 1.44. The van der Waals surface area contributed by atoms with Gasteiger partial charge in [0.05, 0.1) is 18.2 Å². The summed E-state index contributed by atoms with van der Waals surface area (Å²) in [6.45, 7) is 1.82. The molecule has 2 amide bonds. The zero-order valence-corrected chi connectivity index (χ0v) is 15.8. The number of amides is 2. The van der Waals surface area contributed by atoms with Crippen molar-refractivity contribution in [3.05, 3.63) is 59.7 Å². The number of piperidine rings is 1. The summed E-state index contributed by atoms with van der Waals surface area (Å²) in [5, 5.41) is 13.0. The van der Waals surface area contributed by atoms with Gasteiger partial charge in [0.2, 0.25) is 5.91 Å². The van der Waals surface area contributed by atoms with Crippen LogP contribution in [0.3, 0.4) is 0 Å². The molecule has 2 aromatic carbocycles. The molecule has 28 heavy (non-hydrogen) atoms. The molecule has 1 saturated heterocycles. The molecule has 2 aromatic rings. The number of carbonyl (C=O) groups is 2. The van der Waals surface area contributed by atoms with Crippen LogP contribution < -0.4 is 10.2 Å². The highest BCUT2D eigenvalue weighted by molar-refractivity contribution is 6.02. The average molecular weight is 379 g/mol. The van der Waals surface area contributed by atoms with E-state index in [-0.39, 0.29) is 18.4 Å². The molecule has 1 atom stereocenters. The summed E-state index contributed by atoms with van der Waals surface area (Å²) < 4.78 is 0. The molecule has 6 heteroatoms. The Morgan fingerprint density at radius 2 is 1.86 bits per heavy atom. The summed E-state index contributed by atoms with van der Waals surface area (Å²) in [4.78, 5) is 29.1. The normalized spacial score (nSPS) is 18.7. The number of rotatable bonds is 4. The van der Waals surface area contributed by atoms with Gasteiger partial charge in [-0.2, -0.15) is 0 Å². The maximum atomic E-state index is 12.9. The molecule has 6 nitrogen and oxygen atoms in total. The Morgan fingerprint density at radius 1 is 1.07 bits per heavy atom. The third kappa shape index (κ3) is 3.73. The van der Waals surface area contributed by atoms with Crippen molar-refractivity contribution >= 4 is 23.2 Å². The molecule has 0 aliphatic carbocycles. The van der Waals surface area contributed by atoms with Crippen molar-refractivity contribution in [2.75, 3.05) is 36.4 Å². The van der Waals surface area contributed by atoms with Crippen molar-refractivity contribution in [2.24, 2.45) is 0 Å². The fourth-order valence-corrected chi connectivity index (χ4v) is 4.00. The fraction of sp³-hybridized carbons (Fsp3) is 0.364. The van der Waals surface area contributed by atoms with E-state index in [0.717, 1.165) is 24.9 Å². The van der Waals surface area contributed by atoms with Crippen molar-refractivity contribution in [3.63, 3.8) is 0 Å². The van der Waals surface area contributed by atoms with Gasteiger partial charge in [0, 0.05) is 31.0 Å². The molecule has 2 aliphatic heterocycles. The van der Waals surface area contributed by atoms with E-state index in [1.807, 2.05) is 36.4 Å². The van der Waals surface area contributed by atoms with Gasteiger partial charge in [0.1, 0.15) is 0 Å². The summed E-state index contributed by atoms with van der Waals surface area (Å²) in [5.74, 6) is -0.124. The molecule has 1 fully saturated rings. The second-order valence-electron chi connectivity index (χ2n) is 7.37. The van der Waals surface area contributed by atoms with Crippen LogP contribution in [-0.2, 0) is 11.2 Å². The minimum Gasteiger partial charge on any atom is -0.391 e. The lowest BCUT2D eigenvalue weighted by molar-refractivity contribution is -0.116. The Kier molecular flexibility index (Phi) is 5.30. The van der Waals surface area contributed by atoms with E-state index in [0.29, 0.717) is 30.9 Å². The van der Waals surface area contributed by atoms with Crippen LogP contribution in [0.5, 0.6) is 0 Å². The van der Waals surface area contributed by atoms with Gasteiger partial charge in [-0.25, -0.2) is 0 Å². The quantitative estimate of drug-likeness (QED) is 0.855. The number of nitrogens with one attached hydrogen (secondary N) is 1. The number of anilines is 2. The van der Waals surface area contributed by atoms with Crippen molar-refractivity contribution in [3.8, 4) is 0 Å². The summed E-state index contributed by atoms with van der Waals surface area (Å²) >= 11 is 0. The predicted molar refractivity (Wildman–Crippen MR) is 109 cm³/mol. The van der Waals surface area contributed by atoms with Crippen LogP contribution in [0.25, 0.3) is 0 Å². The van der Waals surface area contributed by atoms with Crippen molar-refractivity contribution in [1.82, 2.24) is 4.90 Å². The molecule has 0 bridgehead atoms. The molecule has 2 aliphatic rings. The van der Waals surface area contributed by atoms with E-state index in [9.17, 15) is 14.7 Å². The topological polar surface area (TPSA) is 72.9 Å². The fourth-order valence-electron chi connectivity index (χ4n) is 4.00. The Hall–Kier alpha value is -2.86. The van der Waals surface area contributed by atoms with Crippen molar-refractivity contribution in [2.45, 2.75) is 25.4 Å². The van der Waals surface area contributed by atoms with Gasteiger partial charge in [0.15, 0.2) is 0 Å². The predicted octanol–water partition coefficient (Wildman–Crippen LogP) is 2.28. The average Bonchev–Trinajstić information content (AvgIpc) is 3.16. The van der Waals surface area contributed by atoms with E-state index in [1.165, 1.54) is 5.56 Å². The summed E-state index contributed by atoms with van der Waals surface area (Å²) in [6, 6.07) is 15.2. The molecule has 2 heterocycles. The van der Waals surface area contributed by atoms with E-state index in [4.69, 9.17) is 0 Å². The molecule has 0 aromatic heterocycles. The molecule has 146 valence electrons. The standard InChI is InChI=1S/C22H25N3O3/c26-17-7-5-12-24(15-17)22(28)18-8-2-3-9-19(18)23-14-21(27)25-13-11-16-6-1-4-10-20(16)25/h1-4,6,8-10,17,23,26H,5,7,11-15H2. The monoisotopic (exact) mass is 379 g/mol. The van der Waals surface area contributed by atoms with Crippen LogP contribution in [0.4, 0.5) is 11.4 Å². The Morgan fingerprint density at radius 3 is 2.71 bits per heavy atom. The van der Waals surface area contributed by atoms with E-state index in [2.05, 4.69) is 11.4 Å². The summed E-state index contributed by atoms with van der Waals surface area (Å²) in [7, 11) is 0. The largest absolute Gasteiger partial charge is 0.391 e. The van der Waals surface area contributed by atoms with Crippen LogP contribution in [0.15, 0.2) is 48.5 Å². The first kappa shape index (κ1) is 18.5. The highest BCUT2D eigenvalue weighted by Crippen LogP contribution is 2.27. The summed E-state index contributed by atoms with van der Waals surface area (Å²) in [6.07, 6.45) is 1.94. The van der Waals surface area contributed by atoms with E-state index < -0.39 is 6.10 Å². The van der Waals surface area contributed by atoms with Crippen LogP contribution in [0, 0.1) is 0 Å². The lowest BCUT2D eigenvalue weighted by Gasteiger charge is -2.30. The molecule has 0 saturated carbocycles. The van der Waals surface area contributed by atoms with Crippen molar-refractivity contribution < 1.29 is 14.7 Å². The number of carbonyl (C=O) groups excluding carboxylic acids is 2. The van der Waals surface area contributed by atoms with E-state index >= 15 is 0 Å². The highest BCUT2D eigenvalue weighted by atomic mass is 16.3. The van der Waals surface area contributed by atoms with Crippen LogP contribution in [0.2, 0.25) is 0 Å². The first-order valence-corrected chi connectivity index (χ1v) is 9.82. The zero-order chi connectivity index (χ0) is 19.5. The Bertz CT molecular complexity index is 883. The molecule has 2 N–H and O–H groups in total. The van der Waals surface area contributed by atoms with Crippen LogP contribution in [-0.4, -0.2) is 54.1 Å². The molecule has 0 radical (unpaired) electrons. The third-order valence-electron chi connectivity index (χ3n) is 5.46. The Labute approximate surface area is 164 Å². The number of para-hydroxylation sites is 2. The number of hydrogen-bond donors (Lipinski definition) is 2. The number of aliphatic hydroxyl groups excluding tert-OH is 1. The van der Waals surface area contributed by atoms with Crippen LogP contribution in [0.1, 0.15) is 28.8 Å². The molecule has 0 spiro atoms. The number of β-amino-alcohol motifs (C(OH)–C–C–N with tert-alkyl or cyclic N) is 1. The van der Waals surface area contributed by atoms with Gasteiger partial charge in [-0.05, 0) is 43.0 Å².